The van der Waals surface area contributed by atoms with Crippen LogP contribution < -0.4 is 5.32 Å². The van der Waals surface area contributed by atoms with E-state index in [0.29, 0.717) is 19.3 Å². The van der Waals surface area contributed by atoms with Crippen molar-refractivity contribution in [1.29, 1.82) is 0 Å². The third-order valence-corrected chi connectivity index (χ3v) is 2.91. The minimum absolute atomic E-state index is 0.554. The molecule has 2 rings (SSSR count). The summed E-state index contributed by atoms with van der Waals surface area (Å²) >= 11 is 0. The zero-order chi connectivity index (χ0) is 12.1. The van der Waals surface area contributed by atoms with Crippen LogP contribution in [-0.4, -0.2) is 12.6 Å². The average Bonchev–Trinajstić information content (AvgIpc) is 3.07. The van der Waals surface area contributed by atoms with Gasteiger partial charge >= 0.3 is 0 Å². The Balaban J connectivity index is 1.77. The summed E-state index contributed by atoms with van der Waals surface area (Å²) in [7, 11) is 0. The van der Waals surface area contributed by atoms with Gasteiger partial charge in [0.25, 0.3) is 0 Å². The number of nitrogens with one attached hydrogen (secondary N) is 1. The third kappa shape index (κ3) is 4.02. The summed E-state index contributed by atoms with van der Waals surface area (Å²) in [5.74, 6) is 1.96. The molecule has 1 aromatic rings. The van der Waals surface area contributed by atoms with Crippen LogP contribution in [0.2, 0.25) is 0 Å². The highest BCUT2D eigenvalue weighted by Crippen LogP contribution is 2.21. The molecule has 1 fully saturated rings. The number of ether oxygens (including phenoxy) is 1. The van der Waals surface area contributed by atoms with Crippen molar-refractivity contribution in [3.05, 3.63) is 35.8 Å². The lowest BCUT2D eigenvalue weighted by atomic mass is 10.2. The molecule has 1 aliphatic rings. The van der Waals surface area contributed by atoms with E-state index in [1.807, 2.05) is 6.08 Å². The topological polar surface area (TPSA) is 34.4 Å². The molecule has 1 N–H and O–H groups in total. The van der Waals surface area contributed by atoms with E-state index >= 15 is 0 Å². The van der Waals surface area contributed by atoms with Crippen molar-refractivity contribution in [2.24, 2.45) is 0 Å². The van der Waals surface area contributed by atoms with Gasteiger partial charge in [-0.3, -0.25) is 0 Å². The molecule has 1 heterocycles. The summed E-state index contributed by atoms with van der Waals surface area (Å²) in [6.07, 6.45) is 5.35. The van der Waals surface area contributed by atoms with E-state index < -0.39 is 0 Å². The van der Waals surface area contributed by atoms with Crippen LogP contribution in [0.5, 0.6) is 0 Å². The SMILES string of the molecule is C=CCCOCc1cc(C)c(CNC2CC2)o1. The maximum atomic E-state index is 5.76. The minimum atomic E-state index is 0.554. The standard InChI is InChI=1S/C14H21NO2/c1-3-4-7-16-10-13-8-11(2)14(17-13)9-15-12-5-6-12/h3,8,12,15H,1,4-7,9-10H2,2H3. The summed E-state index contributed by atoms with van der Waals surface area (Å²) in [5.41, 5.74) is 1.21. The van der Waals surface area contributed by atoms with Gasteiger partial charge in [0.2, 0.25) is 0 Å². The Morgan fingerprint density at radius 3 is 3.12 bits per heavy atom. The summed E-state index contributed by atoms with van der Waals surface area (Å²) < 4.78 is 11.2. The molecule has 0 spiro atoms. The lowest BCUT2D eigenvalue weighted by Gasteiger charge is -2.01. The van der Waals surface area contributed by atoms with Crippen LogP contribution in [0.4, 0.5) is 0 Å². The van der Waals surface area contributed by atoms with Crippen molar-refractivity contribution in [2.45, 2.75) is 45.4 Å². The summed E-state index contributed by atoms with van der Waals surface area (Å²) in [6.45, 7) is 7.84. The minimum Gasteiger partial charge on any atom is -0.462 e. The first-order chi connectivity index (χ1) is 8.29. The zero-order valence-corrected chi connectivity index (χ0v) is 10.5. The van der Waals surface area contributed by atoms with Crippen molar-refractivity contribution < 1.29 is 9.15 Å². The molecular formula is C14H21NO2. The maximum Gasteiger partial charge on any atom is 0.130 e. The van der Waals surface area contributed by atoms with Crippen LogP contribution in [0.25, 0.3) is 0 Å². The lowest BCUT2D eigenvalue weighted by molar-refractivity contribution is 0.109. The highest BCUT2D eigenvalue weighted by molar-refractivity contribution is 5.19. The molecule has 1 aliphatic carbocycles. The van der Waals surface area contributed by atoms with Gasteiger partial charge in [-0.2, -0.15) is 0 Å². The first kappa shape index (κ1) is 12.4. The summed E-state index contributed by atoms with van der Waals surface area (Å²) in [6, 6.07) is 2.78. The number of hydrogen-bond acceptors (Lipinski definition) is 3. The number of aryl methyl sites for hydroxylation is 1. The molecule has 94 valence electrons. The van der Waals surface area contributed by atoms with Crippen LogP contribution in [0.3, 0.4) is 0 Å². The molecule has 3 nitrogen and oxygen atoms in total. The van der Waals surface area contributed by atoms with Gasteiger partial charge in [0.15, 0.2) is 0 Å². The van der Waals surface area contributed by atoms with Crippen molar-refractivity contribution >= 4 is 0 Å². The van der Waals surface area contributed by atoms with Gasteiger partial charge in [0, 0.05) is 6.04 Å². The normalized spacial score (nSPS) is 15.1. The Morgan fingerprint density at radius 1 is 1.59 bits per heavy atom. The molecule has 0 amide bonds. The fourth-order valence-electron chi connectivity index (χ4n) is 1.70. The summed E-state index contributed by atoms with van der Waals surface area (Å²) in [4.78, 5) is 0. The van der Waals surface area contributed by atoms with Gasteiger partial charge < -0.3 is 14.5 Å². The van der Waals surface area contributed by atoms with Crippen molar-refractivity contribution in [3.63, 3.8) is 0 Å². The van der Waals surface area contributed by atoms with E-state index in [-0.39, 0.29) is 0 Å². The fraction of sp³-hybridized carbons (Fsp3) is 0.571. The molecule has 17 heavy (non-hydrogen) atoms. The van der Waals surface area contributed by atoms with Gasteiger partial charge in [-0.25, -0.2) is 0 Å². The van der Waals surface area contributed by atoms with Crippen LogP contribution in [0, 0.1) is 6.92 Å². The van der Waals surface area contributed by atoms with Gasteiger partial charge in [-0.05, 0) is 37.8 Å². The highest BCUT2D eigenvalue weighted by Gasteiger charge is 2.21. The molecule has 0 aliphatic heterocycles. The zero-order valence-electron chi connectivity index (χ0n) is 10.5. The van der Waals surface area contributed by atoms with Crippen molar-refractivity contribution in [3.8, 4) is 0 Å². The Kier molecular flexibility index (Phi) is 4.40. The molecule has 0 aromatic carbocycles. The molecule has 0 radical (unpaired) electrons. The predicted octanol–water partition coefficient (Wildman–Crippen LogP) is 2.93. The summed E-state index contributed by atoms with van der Waals surface area (Å²) in [5, 5.41) is 3.46. The highest BCUT2D eigenvalue weighted by atomic mass is 16.5. The molecule has 0 unspecified atom stereocenters. The molecule has 1 aromatic heterocycles. The van der Waals surface area contributed by atoms with E-state index in [0.717, 1.165) is 24.5 Å². The monoisotopic (exact) mass is 235 g/mol. The molecule has 1 saturated carbocycles. The van der Waals surface area contributed by atoms with Gasteiger partial charge in [-0.1, -0.05) is 6.08 Å². The Hall–Kier alpha value is -1.06. The number of rotatable bonds is 8. The van der Waals surface area contributed by atoms with Crippen molar-refractivity contribution in [2.75, 3.05) is 6.61 Å². The first-order valence-electron chi connectivity index (χ1n) is 6.30. The van der Waals surface area contributed by atoms with E-state index in [4.69, 9.17) is 9.15 Å². The van der Waals surface area contributed by atoms with E-state index in [1.165, 1.54) is 18.4 Å². The van der Waals surface area contributed by atoms with Crippen LogP contribution in [-0.2, 0) is 17.9 Å². The molecule has 0 atom stereocenters. The van der Waals surface area contributed by atoms with Gasteiger partial charge in [-0.15, -0.1) is 6.58 Å². The second-order valence-electron chi connectivity index (χ2n) is 4.60. The van der Waals surface area contributed by atoms with Gasteiger partial charge in [0.1, 0.15) is 18.1 Å². The lowest BCUT2D eigenvalue weighted by Crippen LogP contribution is -2.15. The fourth-order valence-corrected chi connectivity index (χ4v) is 1.70. The Morgan fingerprint density at radius 2 is 2.41 bits per heavy atom. The van der Waals surface area contributed by atoms with Crippen LogP contribution in [0.1, 0.15) is 36.3 Å². The van der Waals surface area contributed by atoms with Gasteiger partial charge in [0.05, 0.1) is 13.2 Å². The number of furan rings is 1. The first-order valence-corrected chi connectivity index (χ1v) is 6.30. The Labute approximate surface area is 103 Å². The van der Waals surface area contributed by atoms with E-state index in [9.17, 15) is 0 Å². The quantitative estimate of drug-likeness (QED) is 0.555. The van der Waals surface area contributed by atoms with Crippen molar-refractivity contribution in [1.82, 2.24) is 5.32 Å². The second kappa shape index (κ2) is 6.03. The third-order valence-electron chi connectivity index (χ3n) is 2.91. The average molecular weight is 235 g/mol. The van der Waals surface area contributed by atoms with Crippen LogP contribution in [0.15, 0.2) is 23.1 Å². The molecular weight excluding hydrogens is 214 g/mol. The second-order valence-corrected chi connectivity index (χ2v) is 4.60. The number of hydrogen-bond donors (Lipinski definition) is 1. The maximum absolute atomic E-state index is 5.76. The van der Waals surface area contributed by atoms with Crippen LogP contribution >= 0.6 is 0 Å². The van der Waals surface area contributed by atoms with E-state index in [2.05, 4.69) is 24.9 Å². The molecule has 0 saturated heterocycles. The smallest absolute Gasteiger partial charge is 0.130 e. The molecule has 0 bridgehead atoms. The largest absolute Gasteiger partial charge is 0.462 e. The predicted molar refractivity (Wildman–Crippen MR) is 67.8 cm³/mol. The Bertz CT molecular complexity index is 366. The van der Waals surface area contributed by atoms with E-state index in [1.54, 1.807) is 0 Å². The molecule has 3 heteroatoms.